The molecular weight excluding hydrogens is 653 g/mol. The van der Waals surface area contributed by atoms with Gasteiger partial charge in [0.2, 0.25) is 28.6 Å². The second kappa shape index (κ2) is 14.2. The van der Waals surface area contributed by atoms with Crippen LogP contribution in [0.25, 0.3) is 0 Å². The smallest absolute Gasteiger partial charge is 0.247 e. The number of nitrogens with one attached hydrogen (secondary N) is 1. The van der Waals surface area contributed by atoms with E-state index in [1.54, 1.807) is 35.2 Å². The van der Waals surface area contributed by atoms with Gasteiger partial charge in [0.25, 0.3) is 0 Å². The van der Waals surface area contributed by atoms with Crippen molar-refractivity contribution in [3.63, 3.8) is 0 Å². The number of carbonyl (C=O) groups excluding carboxylic acids is 2. The first kappa shape index (κ1) is 33.2. The molecule has 2 amide bonds. The molecule has 0 aromatic heterocycles. The Balaban J connectivity index is 1.15. The van der Waals surface area contributed by atoms with Gasteiger partial charge in [0.1, 0.15) is 25.1 Å². The Morgan fingerprint density at radius 3 is 2.22 bits per heavy atom. The van der Waals surface area contributed by atoms with Crippen LogP contribution in [0.1, 0.15) is 62.1 Å². The number of hydrogen-bond donors (Lipinski definition) is 1. The lowest BCUT2D eigenvalue weighted by atomic mass is 9.92. The summed E-state index contributed by atoms with van der Waals surface area (Å²) in [6.45, 7) is 1.16. The molecule has 0 spiro atoms. The third-order valence-electron chi connectivity index (χ3n) is 9.72. The molecule has 13 heteroatoms. The number of halogens is 1. The largest absolute Gasteiger partial charge is 0.486 e. The van der Waals surface area contributed by atoms with Gasteiger partial charge in [0.05, 0.1) is 4.90 Å². The molecule has 0 radical (unpaired) electrons. The number of piperidine rings is 1. The highest BCUT2D eigenvalue weighted by Crippen LogP contribution is 2.37. The van der Waals surface area contributed by atoms with Crippen LogP contribution in [0.2, 0.25) is 0 Å². The first-order valence-electron chi connectivity index (χ1n) is 16.9. The minimum atomic E-state index is -3.87. The zero-order valence-electron chi connectivity index (χ0n) is 27.1. The summed E-state index contributed by atoms with van der Waals surface area (Å²) in [4.78, 5) is 30.5. The van der Waals surface area contributed by atoms with Crippen molar-refractivity contribution in [2.45, 2.75) is 68.5 Å². The third kappa shape index (κ3) is 7.18. The zero-order chi connectivity index (χ0) is 34.0. The Morgan fingerprint density at radius 2 is 1.47 bits per heavy atom. The molecule has 11 nitrogen and oxygen atoms in total. The van der Waals surface area contributed by atoms with E-state index in [4.69, 9.17) is 18.9 Å². The van der Waals surface area contributed by atoms with E-state index in [0.29, 0.717) is 41.8 Å². The van der Waals surface area contributed by atoms with Gasteiger partial charge in [-0.25, -0.2) is 12.8 Å². The van der Waals surface area contributed by atoms with Crippen LogP contribution in [0.3, 0.4) is 0 Å². The van der Waals surface area contributed by atoms with E-state index in [1.807, 2.05) is 6.07 Å². The van der Waals surface area contributed by atoms with Crippen LogP contribution in [0.5, 0.6) is 23.0 Å². The molecule has 3 aromatic rings. The lowest BCUT2D eigenvalue weighted by Crippen LogP contribution is -2.50. The molecule has 0 bridgehead atoms. The summed E-state index contributed by atoms with van der Waals surface area (Å²) in [6, 6.07) is 14.6. The van der Waals surface area contributed by atoms with Crippen LogP contribution < -0.4 is 24.3 Å². The summed E-state index contributed by atoms with van der Waals surface area (Å²) >= 11 is 0. The number of hydrogen-bond acceptors (Lipinski definition) is 8. The van der Waals surface area contributed by atoms with E-state index in [0.717, 1.165) is 37.7 Å². The number of amides is 2. The molecule has 1 saturated heterocycles. The zero-order valence-corrected chi connectivity index (χ0v) is 28.0. The quantitative estimate of drug-likeness (QED) is 0.334. The fourth-order valence-electron chi connectivity index (χ4n) is 7.09. The fraction of sp³-hybridized carbons (Fsp3) is 0.444. The van der Waals surface area contributed by atoms with Gasteiger partial charge in [-0.05, 0) is 73.2 Å². The third-order valence-corrected chi connectivity index (χ3v) is 11.6. The average molecular weight is 694 g/mol. The number of rotatable bonds is 9. The van der Waals surface area contributed by atoms with Crippen molar-refractivity contribution in [1.82, 2.24) is 14.5 Å². The van der Waals surface area contributed by atoms with Gasteiger partial charge in [-0.1, -0.05) is 37.5 Å². The molecule has 260 valence electrons. The van der Waals surface area contributed by atoms with E-state index >= 15 is 0 Å². The Labute approximate surface area is 285 Å². The summed E-state index contributed by atoms with van der Waals surface area (Å²) in [5, 5.41) is 3.19. The molecular formula is C36H40FN3O8S. The Bertz CT molecular complexity index is 1790. The Morgan fingerprint density at radius 1 is 0.816 bits per heavy atom. The first-order chi connectivity index (χ1) is 23.8. The van der Waals surface area contributed by atoms with Crippen molar-refractivity contribution in [2.24, 2.45) is 5.92 Å². The standard InChI is InChI=1S/C36H40FN3O8S/c37-27-9-7-25(8-10-27)34(35(41)38-28-4-2-1-3-5-28)40(22-24-6-12-31-32(20-24)48-23-47-31)36(42)26-14-16-39(17-15-26)49(43,44)29-11-13-30-33(21-29)46-19-18-45-30/h6-13,20-21,26,28,34H,1-5,14-19,22-23H2,(H,38,41)/t34-/m1/s1. The minimum Gasteiger partial charge on any atom is -0.486 e. The molecule has 1 atom stereocenters. The Kier molecular flexibility index (Phi) is 9.64. The summed E-state index contributed by atoms with van der Waals surface area (Å²) < 4.78 is 65.0. The van der Waals surface area contributed by atoms with Crippen molar-refractivity contribution in [2.75, 3.05) is 33.1 Å². The van der Waals surface area contributed by atoms with Gasteiger partial charge < -0.3 is 29.2 Å². The monoisotopic (exact) mass is 693 g/mol. The number of ether oxygens (including phenoxy) is 4. The van der Waals surface area contributed by atoms with Gasteiger partial charge in [-0.15, -0.1) is 0 Å². The lowest BCUT2D eigenvalue weighted by molar-refractivity contribution is -0.146. The predicted molar refractivity (Wildman–Crippen MR) is 176 cm³/mol. The number of sulfonamides is 1. The molecule has 3 aliphatic heterocycles. The van der Waals surface area contributed by atoms with Crippen LogP contribution in [0, 0.1) is 11.7 Å². The Hall–Kier alpha value is -4.36. The van der Waals surface area contributed by atoms with E-state index in [9.17, 15) is 22.4 Å². The van der Waals surface area contributed by atoms with Crippen LogP contribution in [0.15, 0.2) is 65.6 Å². The summed E-state index contributed by atoms with van der Waals surface area (Å²) in [5.41, 5.74) is 1.22. The first-order valence-corrected chi connectivity index (χ1v) is 18.3. The molecule has 1 N–H and O–H groups in total. The molecule has 1 saturated carbocycles. The highest BCUT2D eigenvalue weighted by Gasteiger charge is 2.39. The fourth-order valence-corrected chi connectivity index (χ4v) is 8.57. The number of fused-ring (bicyclic) bond motifs is 2. The summed E-state index contributed by atoms with van der Waals surface area (Å²) in [7, 11) is -3.87. The van der Waals surface area contributed by atoms with Crippen LogP contribution >= 0.6 is 0 Å². The summed E-state index contributed by atoms with van der Waals surface area (Å²) in [5.74, 6) is 0.427. The maximum absolute atomic E-state index is 14.6. The number of benzene rings is 3. The van der Waals surface area contributed by atoms with Crippen molar-refractivity contribution in [3.8, 4) is 23.0 Å². The molecule has 3 heterocycles. The highest BCUT2D eigenvalue weighted by atomic mass is 32.2. The van der Waals surface area contributed by atoms with E-state index in [-0.39, 0.29) is 62.0 Å². The maximum Gasteiger partial charge on any atom is 0.247 e. The van der Waals surface area contributed by atoms with Gasteiger partial charge in [0.15, 0.2) is 23.0 Å². The van der Waals surface area contributed by atoms with Gasteiger partial charge in [-0.2, -0.15) is 4.31 Å². The molecule has 1 aliphatic carbocycles. The molecule has 49 heavy (non-hydrogen) atoms. The maximum atomic E-state index is 14.6. The second-order valence-corrected chi connectivity index (χ2v) is 14.9. The molecule has 2 fully saturated rings. The van der Waals surface area contributed by atoms with Crippen LogP contribution in [-0.4, -0.2) is 68.6 Å². The van der Waals surface area contributed by atoms with Gasteiger partial charge in [-0.3, -0.25) is 9.59 Å². The van der Waals surface area contributed by atoms with Crippen LogP contribution in [0.4, 0.5) is 4.39 Å². The number of carbonyl (C=O) groups is 2. The van der Waals surface area contributed by atoms with Crippen molar-refractivity contribution >= 4 is 21.8 Å². The van der Waals surface area contributed by atoms with Gasteiger partial charge >= 0.3 is 0 Å². The number of nitrogens with zero attached hydrogens (tertiary/aromatic N) is 2. The van der Waals surface area contributed by atoms with Gasteiger partial charge in [0, 0.05) is 37.7 Å². The minimum absolute atomic E-state index is 0.0132. The second-order valence-electron chi connectivity index (χ2n) is 12.9. The van der Waals surface area contributed by atoms with E-state index < -0.39 is 27.8 Å². The topological polar surface area (TPSA) is 124 Å². The van der Waals surface area contributed by atoms with E-state index in [1.165, 1.54) is 28.6 Å². The summed E-state index contributed by atoms with van der Waals surface area (Å²) in [6.07, 6.45) is 5.38. The van der Waals surface area contributed by atoms with Crippen molar-refractivity contribution in [1.29, 1.82) is 0 Å². The van der Waals surface area contributed by atoms with Crippen LogP contribution in [-0.2, 0) is 26.2 Å². The van der Waals surface area contributed by atoms with E-state index in [2.05, 4.69) is 5.32 Å². The SMILES string of the molecule is O=C(NC1CCCCC1)[C@@H](c1ccc(F)cc1)N(Cc1ccc2c(c1)OCO2)C(=O)C1CCN(S(=O)(=O)c2ccc3c(c2)OCCO3)CC1. The highest BCUT2D eigenvalue weighted by molar-refractivity contribution is 7.89. The molecule has 4 aliphatic rings. The normalized spacial score (nSPS) is 18.9. The van der Waals surface area contributed by atoms with Crippen molar-refractivity contribution < 1.29 is 41.3 Å². The molecule has 3 aromatic carbocycles. The molecule has 0 unspecified atom stereocenters. The average Bonchev–Trinajstić information content (AvgIpc) is 3.60. The van der Waals surface area contributed by atoms with Crippen molar-refractivity contribution in [3.05, 3.63) is 77.6 Å². The predicted octanol–water partition coefficient (Wildman–Crippen LogP) is 4.95. The lowest BCUT2D eigenvalue weighted by Gasteiger charge is -2.38. The molecule has 7 rings (SSSR count).